The van der Waals surface area contributed by atoms with Gasteiger partial charge < -0.3 is 10.1 Å². The first kappa shape index (κ1) is 12.0. The van der Waals surface area contributed by atoms with Gasteiger partial charge in [0, 0.05) is 12.6 Å². The van der Waals surface area contributed by atoms with Gasteiger partial charge in [-0.3, -0.25) is 0 Å². The predicted octanol–water partition coefficient (Wildman–Crippen LogP) is 3.24. The van der Waals surface area contributed by atoms with Crippen LogP contribution in [0.5, 0.6) is 0 Å². The molecule has 0 aromatic heterocycles. The molecule has 0 saturated heterocycles. The fourth-order valence-electron chi connectivity index (χ4n) is 2.85. The van der Waals surface area contributed by atoms with Crippen molar-refractivity contribution in [3.05, 3.63) is 12.3 Å². The predicted molar refractivity (Wildman–Crippen MR) is 67.3 cm³/mol. The Kier molecular flexibility index (Phi) is 4.70. The highest BCUT2D eigenvalue weighted by Gasteiger charge is 2.20. The van der Waals surface area contributed by atoms with Crippen molar-refractivity contribution in [1.29, 1.82) is 0 Å². The Bertz CT molecular complexity index is 221. The molecule has 1 heterocycles. The summed E-state index contributed by atoms with van der Waals surface area (Å²) in [6, 6.07) is 0.662. The Balaban J connectivity index is 1.66. The summed E-state index contributed by atoms with van der Waals surface area (Å²) in [7, 11) is 0. The van der Waals surface area contributed by atoms with Gasteiger partial charge in [-0.25, -0.2) is 0 Å². The van der Waals surface area contributed by atoms with E-state index in [0.29, 0.717) is 12.1 Å². The molecule has 1 fully saturated rings. The Morgan fingerprint density at radius 1 is 1.25 bits per heavy atom. The molecular formula is C14H25NO. The Hall–Kier alpha value is -0.500. The van der Waals surface area contributed by atoms with Gasteiger partial charge >= 0.3 is 0 Å². The molecule has 2 rings (SSSR count). The lowest BCUT2D eigenvalue weighted by atomic mass is 9.84. The van der Waals surface area contributed by atoms with Crippen LogP contribution in [0.1, 0.15) is 51.9 Å². The average Bonchev–Trinajstić information content (AvgIpc) is 2.38. The van der Waals surface area contributed by atoms with Crippen LogP contribution in [0.4, 0.5) is 0 Å². The molecule has 1 aliphatic carbocycles. The summed E-state index contributed by atoms with van der Waals surface area (Å²) in [6.45, 7) is 3.36. The van der Waals surface area contributed by atoms with Crippen molar-refractivity contribution >= 4 is 0 Å². The molecule has 1 aliphatic heterocycles. The summed E-state index contributed by atoms with van der Waals surface area (Å²) in [4.78, 5) is 0. The van der Waals surface area contributed by atoms with E-state index in [2.05, 4.69) is 18.3 Å². The molecular weight excluding hydrogens is 198 g/mol. The van der Waals surface area contributed by atoms with Gasteiger partial charge in [0.05, 0.1) is 6.26 Å². The zero-order valence-corrected chi connectivity index (χ0v) is 10.5. The molecule has 2 nitrogen and oxygen atoms in total. The molecule has 0 bridgehead atoms. The highest BCUT2D eigenvalue weighted by Crippen LogP contribution is 2.26. The molecule has 1 saturated carbocycles. The summed E-state index contributed by atoms with van der Waals surface area (Å²) in [5.41, 5.74) is 0. The number of ether oxygens (including phenoxy) is 1. The van der Waals surface area contributed by atoms with E-state index < -0.39 is 0 Å². The van der Waals surface area contributed by atoms with Gasteiger partial charge in [0.2, 0.25) is 0 Å². The van der Waals surface area contributed by atoms with Gasteiger partial charge in [-0.1, -0.05) is 19.3 Å². The number of nitrogens with one attached hydrogen (secondary N) is 1. The van der Waals surface area contributed by atoms with Gasteiger partial charge in [0.1, 0.15) is 6.10 Å². The first-order valence-corrected chi connectivity index (χ1v) is 6.90. The minimum atomic E-state index is 0.399. The third-order valence-corrected chi connectivity index (χ3v) is 4.05. The maximum atomic E-state index is 5.57. The second kappa shape index (κ2) is 6.29. The highest BCUT2D eigenvalue weighted by atomic mass is 16.5. The molecule has 1 N–H and O–H groups in total. The molecule has 0 radical (unpaired) electrons. The van der Waals surface area contributed by atoms with Crippen molar-refractivity contribution in [1.82, 2.24) is 5.32 Å². The van der Waals surface area contributed by atoms with E-state index in [4.69, 9.17) is 4.74 Å². The number of hydrogen-bond donors (Lipinski definition) is 1. The van der Waals surface area contributed by atoms with Crippen LogP contribution in [0.2, 0.25) is 0 Å². The van der Waals surface area contributed by atoms with Gasteiger partial charge in [-0.05, 0) is 44.6 Å². The van der Waals surface area contributed by atoms with E-state index in [1.54, 1.807) is 0 Å². The van der Waals surface area contributed by atoms with Crippen LogP contribution in [0, 0.1) is 5.92 Å². The van der Waals surface area contributed by atoms with Gasteiger partial charge in [0.25, 0.3) is 0 Å². The molecule has 2 aliphatic rings. The number of rotatable bonds is 4. The van der Waals surface area contributed by atoms with Crippen LogP contribution in [-0.2, 0) is 4.74 Å². The van der Waals surface area contributed by atoms with Crippen molar-refractivity contribution in [3.8, 4) is 0 Å². The van der Waals surface area contributed by atoms with Crippen LogP contribution >= 0.6 is 0 Å². The highest BCUT2D eigenvalue weighted by molar-refractivity contribution is 4.84. The molecule has 1 unspecified atom stereocenters. The summed E-state index contributed by atoms with van der Waals surface area (Å²) >= 11 is 0. The van der Waals surface area contributed by atoms with Crippen molar-refractivity contribution in [2.45, 2.75) is 64.0 Å². The van der Waals surface area contributed by atoms with E-state index in [9.17, 15) is 0 Å². The minimum absolute atomic E-state index is 0.399. The average molecular weight is 223 g/mol. The first-order valence-electron chi connectivity index (χ1n) is 6.90. The second-order valence-corrected chi connectivity index (χ2v) is 5.30. The zero-order valence-electron chi connectivity index (χ0n) is 10.5. The van der Waals surface area contributed by atoms with Crippen LogP contribution < -0.4 is 5.32 Å². The van der Waals surface area contributed by atoms with E-state index in [0.717, 1.165) is 12.5 Å². The minimum Gasteiger partial charge on any atom is -0.497 e. The smallest absolute Gasteiger partial charge is 0.110 e. The maximum absolute atomic E-state index is 5.57. The van der Waals surface area contributed by atoms with Crippen molar-refractivity contribution in [3.63, 3.8) is 0 Å². The third-order valence-electron chi connectivity index (χ3n) is 4.05. The van der Waals surface area contributed by atoms with Gasteiger partial charge in [0.15, 0.2) is 0 Å². The van der Waals surface area contributed by atoms with Gasteiger partial charge in [-0.15, -0.1) is 0 Å². The quantitative estimate of drug-likeness (QED) is 0.790. The summed E-state index contributed by atoms with van der Waals surface area (Å²) in [6.07, 6.45) is 13.8. The van der Waals surface area contributed by atoms with Crippen molar-refractivity contribution in [2.24, 2.45) is 5.92 Å². The fraction of sp³-hybridized carbons (Fsp3) is 0.857. The Labute approximate surface area is 99.4 Å². The number of hydrogen-bond acceptors (Lipinski definition) is 2. The Morgan fingerprint density at radius 2 is 2.06 bits per heavy atom. The molecule has 2 heteroatoms. The zero-order chi connectivity index (χ0) is 11.2. The van der Waals surface area contributed by atoms with Crippen molar-refractivity contribution < 1.29 is 4.74 Å². The Morgan fingerprint density at radius 3 is 2.75 bits per heavy atom. The van der Waals surface area contributed by atoms with E-state index in [-0.39, 0.29) is 0 Å². The topological polar surface area (TPSA) is 21.3 Å². The molecule has 0 amide bonds. The SMILES string of the molecule is C[C@@H](NCC1CCC=CO1)C1CCCCC1. The summed E-state index contributed by atoms with van der Waals surface area (Å²) in [5, 5.41) is 3.66. The monoisotopic (exact) mass is 223 g/mol. The third kappa shape index (κ3) is 3.51. The summed E-state index contributed by atoms with van der Waals surface area (Å²) < 4.78 is 5.57. The standard InChI is InChI=1S/C14H25NO/c1-12(13-7-3-2-4-8-13)15-11-14-9-5-6-10-16-14/h6,10,12-15H,2-5,7-9,11H2,1H3/t12-,14?/m1/s1. The summed E-state index contributed by atoms with van der Waals surface area (Å²) in [5.74, 6) is 0.896. The largest absolute Gasteiger partial charge is 0.497 e. The van der Waals surface area contributed by atoms with E-state index >= 15 is 0 Å². The fourth-order valence-corrected chi connectivity index (χ4v) is 2.85. The molecule has 0 spiro atoms. The lowest BCUT2D eigenvalue weighted by Gasteiger charge is -2.30. The number of allylic oxidation sites excluding steroid dienone is 1. The van der Waals surface area contributed by atoms with Crippen molar-refractivity contribution in [2.75, 3.05) is 6.54 Å². The lowest BCUT2D eigenvalue weighted by molar-refractivity contribution is 0.115. The van der Waals surface area contributed by atoms with Crippen LogP contribution in [0.15, 0.2) is 12.3 Å². The first-order chi connectivity index (χ1) is 7.86. The van der Waals surface area contributed by atoms with Crippen LogP contribution in [0.25, 0.3) is 0 Å². The second-order valence-electron chi connectivity index (χ2n) is 5.30. The van der Waals surface area contributed by atoms with Crippen LogP contribution in [-0.4, -0.2) is 18.7 Å². The normalized spacial score (nSPS) is 28.7. The van der Waals surface area contributed by atoms with E-state index in [1.165, 1.54) is 44.9 Å². The molecule has 0 aromatic carbocycles. The molecule has 92 valence electrons. The molecule has 2 atom stereocenters. The maximum Gasteiger partial charge on any atom is 0.110 e. The van der Waals surface area contributed by atoms with Gasteiger partial charge in [-0.2, -0.15) is 0 Å². The lowest BCUT2D eigenvalue weighted by Crippen LogP contribution is -2.40. The van der Waals surface area contributed by atoms with Crippen LogP contribution in [0.3, 0.4) is 0 Å². The molecule has 0 aromatic rings. The molecule has 16 heavy (non-hydrogen) atoms. The van der Waals surface area contributed by atoms with E-state index in [1.807, 2.05) is 6.26 Å².